The third-order valence-corrected chi connectivity index (χ3v) is 14.1. The third kappa shape index (κ3) is 49.2. The minimum Gasteiger partial charge on any atom is -0.756 e. The lowest BCUT2D eigenvalue weighted by molar-refractivity contribution is -0.870. The fourth-order valence-corrected chi connectivity index (χ4v) is 9.41. The summed E-state index contributed by atoms with van der Waals surface area (Å²) in [6, 6.07) is -0.794. The molecule has 2 N–H and O–H groups in total. The van der Waals surface area contributed by atoms with Gasteiger partial charge in [-0.3, -0.25) is 9.36 Å². The Hall–Kier alpha value is -0.500. The van der Waals surface area contributed by atoms with Crippen molar-refractivity contribution in [3.05, 3.63) is 0 Å². The lowest BCUT2D eigenvalue weighted by Gasteiger charge is -2.30. The topological polar surface area (TPSA) is 108 Å². The molecular formula is C54H111N2O6P. The van der Waals surface area contributed by atoms with Gasteiger partial charge in [0.05, 0.1) is 39.9 Å². The zero-order valence-electron chi connectivity index (χ0n) is 43.1. The maximum Gasteiger partial charge on any atom is 0.268 e. The number of carbonyl (C=O) groups excluding carboxylic acids is 1. The Balaban J connectivity index is 4.12. The van der Waals surface area contributed by atoms with Crippen LogP contribution in [0.1, 0.15) is 290 Å². The predicted molar refractivity (Wildman–Crippen MR) is 270 cm³/mol. The molecule has 0 aromatic carbocycles. The third-order valence-electron chi connectivity index (χ3n) is 13.1. The number of hydrogen-bond acceptors (Lipinski definition) is 6. The summed E-state index contributed by atoms with van der Waals surface area (Å²) in [4.78, 5) is 25.5. The maximum atomic E-state index is 12.9. The summed E-state index contributed by atoms with van der Waals surface area (Å²) in [6.07, 6.45) is 54.1. The number of hydrogen-bond donors (Lipinski definition) is 2. The number of aliphatic hydroxyl groups excluding tert-OH is 1. The van der Waals surface area contributed by atoms with Gasteiger partial charge in [0, 0.05) is 6.42 Å². The van der Waals surface area contributed by atoms with Crippen LogP contribution in [0.5, 0.6) is 0 Å². The van der Waals surface area contributed by atoms with E-state index in [-0.39, 0.29) is 19.1 Å². The fourth-order valence-electron chi connectivity index (χ4n) is 8.69. The molecule has 9 heteroatoms. The van der Waals surface area contributed by atoms with E-state index in [4.69, 9.17) is 9.05 Å². The fraction of sp³-hybridized carbons (Fsp3) is 0.981. The zero-order valence-corrected chi connectivity index (χ0v) is 44.0. The van der Waals surface area contributed by atoms with Gasteiger partial charge in [-0.1, -0.05) is 271 Å². The van der Waals surface area contributed by atoms with Crippen molar-refractivity contribution in [3.8, 4) is 0 Å². The van der Waals surface area contributed by atoms with Crippen molar-refractivity contribution in [1.82, 2.24) is 5.32 Å². The molecule has 63 heavy (non-hydrogen) atoms. The van der Waals surface area contributed by atoms with E-state index in [9.17, 15) is 19.4 Å². The Kier molecular flexibility index (Phi) is 46.2. The van der Waals surface area contributed by atoms with Crippen LogP contribution in [0.3, 0.4) is 0 Å². The van der Waals surface area contributed by atoms with Gasteiger partial charge in [-0.05, 0) is 12.8 Å². The van der Waals surface area contributed by atoms with Crippen molar-refractivity contribution in [2.45, 2.75) is 302 Å². The zero-order chi connectivity index (χ0) is 46.4. The minimum atomic E-state index is -4.56. The van der Waals surface area contributed by atoms with E-state index in [2.05, 4.69) is 19.2 Å². The van der Waals surface area contributed by atoms with Gasteiger partial charge in [0.15, 0.2) is 0 Å². The molecule has 0 aliphatic rings. The van der Waals surface area contributed by atoms with Gasteiger partial charge < -0.3 is 28.8 Å². The number of quaternary nitrogens is 1. The first-order valence-electron chi connectivity index (χ1n) is 27.9. The van der Waals surface area contributed by atoms with Crippen LogP contribution in [0.2, 0.25) is 0 Å². The molecule has 0 aromatic rings. The van der Waals surface area contributed by atoms with Gasteiger partial charge in [0.2, 0.25) is 5.91 Å². The van der Waals surface area contributed by atoms with Crippen LogP contribution in [0.4, 0.5) is 0 Å². The Bertz CT molecular complexity index is 994. The summed E-state index contributed by atoms with van der Waals surface area (Å²) < 4.78 is 23.4. The Morgan fingerprint density at radius 1 is 0.492 bits per heavy atom. The number of unbranched alkanes of at least 4 members (excludes halogenated alkanes) is 39. The highest BCUT2D eigenvalue weighted by molar-refractivity contribution is 7.45. The molecule has 1 amide bonds. The van der Waals surface area contributed by atoms with Crippen LogP contribution in [0.25, 0.3) is 0 Å². The van der Waals surface area contributed by atoms with E-state index in [1.165, 1.54) is 225 Å². The molecule has 0 aromatic heterocycles. The number of phosphoric ester groups is 1. The van der Waals surface area contributed by atoms with E-state index in [1.807, 2.05) is 21.1 Å². The highest BCUT2D eigenvalue weighted by Gasteiger charge is 2.24. The molecule has 0 saturated heterocycles. The van der Waals surface area contributed by atoms with Gasteiger partial charge >= 0.3 is 0 Å². The number of phosphoric acid groups is 1. The maximum absolute atomic E-state index is 12.9. The SMILES string of the molecule is CCCCCCCCCCCCCCCCCCCCCCCCCCCC(O)C(COP(=O)([O-])OCC[N+](C)(C)C)NC(=O)CCCCCCCCCCCCCCCCCC. The number of nitrogens with zero attached hydrogens (tertiary/aromatic N) is 1. The summed E-state index contributed by atoms with van der Waals surface area (Å²) in [5.41, 5.74) is 0. The average Bonchev–Trinajstić information content (AvgIpc) is 3.24. The Labute approximate surface area is 393 Å². The van der Waals surface area contributed by atoms with E-state index >= 15 is 0 Å². The molecule has 0 fully saturated rings. The average molecular weight is 915 g/mol. The van der Waals surface area contributed by atoms with Gasteiger partial charge in [-0.15, -0.1) is 0 Å². The van der Waals surface area contributed by atoms with Crippen LogP contribution < -0.4 is 10.2 Å². The van der Waals surface area contributed by atoms with E-state index in [0.29, 0.717) is 23.9 Å². The first-order chi connectivity index (χ1) is 30.5. The summed E-state index contributed by atoms with van der Waals surface area (Å²) >= 11 is 0. The molecule has 0 aliphatic heterocycles. The van der Waals surface area contributed by atoms with Crippen molar-refractivity contribution < 1.29 is 32.9 Å². The molecule has 0 rings (SSSR count). The standard InChI is InChI=1S/C54H111N2O6P/c1-6-8-10-12-14-16-18-20-22-24-25-26-27-28-29-30-31-32-33-35-37-39-41-43-45-47-53(57)52(51-62-63(59,60)61-50-49-56(3,4)5)55-54(58)48-46-44-42-40-38-36-34-23-21-19-17-15-13-11-9-7-2/h52-53,57H,6-51H2,1-5H3,(H-,55,58,59,60). The lowest BCUT2D eigenvalue weighted by atomic mass is 10.0. The molecule has 0 radical (unpaired) electrons. The molecule has 3 unspecified atom stereocenters. The molecule has 0 heterocycles. The summed E-state index contributed by atoms with van der Waals surface area (Å²) in [7, 11) is 1.32. The second kappa shape index (κ2) is 46.6. The van der Waals surface area contributed by atoms with Gasteiger partial charge in [0.1, 0.15) is 13.2 Å². The first kappa shape index (κ1) is 62.5. The summed E-state index contributed by atoms with van der Waals surface area (Å²) in [6.45, 7) is 4.77. The molecule has 3 atom stereocenters. The second-order valence-electron chi connectivity index (χ2n) is 20.7. The van der Waals surface area contributed by atoms with Crippen molar-refractivity contribution in [2.24, 2.45) is 0 Å². The van der Waals surface area contributed by atoms with Gasteiger partial charge in [-0.25, -0.2) is 0 Å². The van der Waals surface area contributed by atoms with E-state index in [1.54, 1.807) is 0 Å². The highest BCUT2D eigenvalue weighted by atomic mass is 31.2. The Morgan fingerprint density at radius 3 is 1.08 bits per heavy atom. The van der Waals surface area contributed by atoms with Crippen molar-refractivity contribution in [2.75, 3.05) is 40.9 Å². The molecule has 8 nitrogen and oxygen atoms in total. The van der Waals surface area contributed by atoms with Crippen LogP contribution in [0, 0.1) is 0 Å². The molecule has 0 bridgehead atoms. The van der Waals surface area contributed by atoms with Crippen LogP contribution >= 0.6 is 7.82 Å². The largest absolute Gasteiger partial charge is 0.756 e. The quantitative estimate of drug-likeness (QED) is 0.0357. The molecular weight excluding hydrogens is 804 g/mol. The highest BCUT2D eigenvalue weighted by Crippen LogP contribution is 2.38. The molecule has 0 aliphatic carbocycles. The predicted octanol–water partition coefficient (Wildman–Crippen LogP) is 15.9. The van der Waals surface area contributed by atoms with Crippen molar-refractivity contribution in [3.63, 3.8) is 0 Å². The number of carbonyl (C=O) groups is 1. The van der Waals surface area contributed by atoms with Crippen LogP contribution in [-0.2, 0) is 18.4 Å². The minimum absolute atomic E-state index is 0.0165. The lowest BCUT2D eigenvalue weighted by Crippen LogP contribution is -2.46. The number of nitrogens with one attached hydrogen (secondary N) is 1. The van der Waals surface area contributed by atoms with Crippen molar-refractivity contribution >= 4 is 13.7 Å². The van der Waals surface area contributed by atoms with Gasteiger partial charge in [-0.2, -0.15) is 0 Å². The monoisotopic (exact) mass is 915 g/mol. The van der Waals surface area contributed by atoms with Gasteiger partial charge in [0.25, 0.3) is 7.82 Å². The molecule has 0 saturated carbocycles. The Morgan fingerprint density at radius 2 is 0.778 bits per heavy atom. The summed E-state index contributed by atoms with van der Waals surface area (Å²) in [5, 5.41) is 14.0. The van der Waals surface area contributed by atoms with E-state index in [0.717, 1.165) is 38.5 Å². The number of likely N-dealkylation sites (N-methyl/N-ethyl adjacent to an activating group) is 1. The van der Waals surface area contributed by atoms with E-state index < -0.39 is 20.0 Å². The molecule has 0 spiro atoms. The number of rotatable bonds is 52. The first-order valence-corrected chi connectivity index (χ1v) is 29.3. The summed E-state index contributed by atoms with van der Waals surface area (Å²) in [5.74, 6) is -0.158. The normalized spacial score (nSPS) is 14.0. The van der Waals surface area contributed by atoms with Crippen LogP contribution in [0.15, 0.2) is 0 Å². The van der Waals surface area contributed by atoms with Crippen LogP contribution in [-0.4, -0.2) is 68.5 Å². The smallest absolute Gasteiger partial charge is 0.268 e. The molecule has 378 valence electrons. The second-order valence-corrected chi connectivity index (χ2v) is 22.1. The van der Waals surface area contributed by atoms with Crippen molar-refractivity contribution in [1.29, 1.82) is 0 Å². The number of aliphatic hydroxyl groups is 1. The number of amides is 1.